The molecule has 4 heterocycles. The van der Waals surface area contributed by atoms with Gasteiger partial charge in [-0.2, -0.15) is 11.8 Å². The maximum Gasteiger partial charge on any atom is 0.250 e. The van der Waals surface area contributed by atoms with Crippen molar-refractivity contribution in [1.29, 1.82) is 0 Å². The zero-order chi connectivity index (χ0) is 20.2. The number of amides is 1. The molecule has 0 aliphatic carbocycles. The maximum absolute atomic E-state index is 12.8. The van der Waals surface area contributed by atoms with Crippen LogP contribution in [0.15, 0.2) is 47.5 Å². The molecule has 2 aromatic heterocycles. The van der Waals surface area contributed by atoms with E-state index in [2.05, 4.69) is 22.5 Å². The molecule has 1 fully saturated rings. The number of fused-ring (bicyclic) bond motifs is 4. The van der Waals surface area contributed by atoms with Gasteiger partial charge in [0.05, 0.1) is 0 Å². The molecule has 1 saturated heterocycles. The van der Waals surface area contributed by atoms with Crippen molar-refractivity contribution in [1.82, 2.24) is 19.4 Å². The van der Waals surface area contributed by atoms with Gasteiger partial charge in [-0.3, -0.25) is 9.59 Å². The fraction of sp³-hybridized carbons (Fsp3) is 0.545. The Morgan fingerprint density at radius 3 is 2.83 bits per heavy atom. The van der Waals surface area contributed by atoms with E-state index >= 15 is 0 Å². The molecule has 2 bridgehead atoms. The van der Waals surface area contributed by atoms with Gasteiger partial charge in [0, 0.05) is 62.8 Å². The van der Waals surface area contributed by atoms with Gasteiger partial charge in [0.15, 0.2) is 0 Å². The first-order valence-corrected chi connectivity index (χ1v) is 11.9. The summed E-state index contributed by atoms with van der Waals surface area (Å²) in [5.74, 6) is 2.00. The van der Waals surface area contributed by atoms with Gasteiger partial charge in [0.2, 0.25) is 5.91 Å². The largest absolute Gasteiger partial charge is 0.353 e. The minimum atomic E-state index is -0.142. The van der Waals surface area contributed by atoms with Crippen LogP contribution in [-0.2, 0) is 11.3 Å². The van der Waals surface area contributed by atoms with Gasteiger partial charge in [-0.15, -0.1) is 0 Å². The lowest BCUT2D eigenvalue weighted by Crippen LogP contribution is -2.49. The van der Waals surface area contributed by atoms with Crippen molar-refractivity contribution in [3.8, 4) is 0 Å². The predicted octanol–water partition coefficient (Wildman–Crippen LogP) is 2.18. The zero-order valence-electron chi connectivity index (χ0n) is 17.0. The quantitative estimate of drug-likeness (QED) is 0.719. The number of nitrogens with one attached hydrogen (secondary N) is 1. The van der Waals surface area contributed by atoms with E-state index in [-0.39, 0.29) is 17.5 Å². The number of hydrogen-bond acceptors (Lipinski definition) is 4. The van der Waals surface area contributed by atoms with Crippen LogP contribution >= 0.6 is 11.8 Å². The van der Waals surface area contributed by atoms with E-state index in [1.54, 1.807) is 17.8 Å². The normalized spacial score (nSPS) is 22.1. The van der Waals surface area contributed by atoms with E-state index in [9.17, 15) is 9.59 Å². The second kappa shape index (κ2) is 9.22. The molecule has 156 valence electrons. The van der Waals surface area contributed by atoms with Crippen molar-refractivity contribution >= 4 is 17.7 Å². The van der Waals surface area contributed by atoms with Gasteiger partial charge in [-0.1, -0.05) is 6.07 Å². The lowest BCUT2D eigenvalue weighted by Gasteiger charge is -2.42. The molecule has 2 aromatic rings. The Bertz CT molecular complexity index is 879. The smallest absolute Gasteiger partial charge is 0.250 e. The summed E-state index contributed by atoms with van der Waals surface area (Å²) in [6.07, 6.45) is 8.01. The van der Waals surface area contributed by atoms with E-state index in [0.29, 0.717) is 18.4 Å². The summed E-state index contributed by atoms with van der Waals surface area (Å²) in [7, 11) is 0. The summed E-state index contributed by atoms with van der Waals surface area (Å²) in [6.45, 7) is 4.30. The van der Waals surface area contributed by atoms with Crippen molar-refractivity contribution in [2.75, 3.05) is 38.2 Å². The molecular weight excluding hydrogens is 384 g/mol. The minimum absolute atomic E-state index is 0.101. The molecule has 0 radical (unpaired) electrons. The average Bonchev–Trinajstić information content (AvgIpc) is 3.24. The molecular formula is C22H30N4O2S. The minimum Gasteiger partial charge on any atom is -0.353 e. The Morgan fingerprint density at radius 1 is 1.21 bits per heavy atom. The van der Waals surface area contributed by atoms with Crippen LogP contribution in [0.4, 0.5) is 0 Å². The summed E-state index contributed by atoms with van der Waals surface area (Å²) in [6, 6.07) is 9.43. The number of rotatable bonds is 8. The molecule has 0 aromatic carbocycles. The first kappa shape index (κ1) is 20.3. The van der Waals surface area contributed by atoms with Gasteiger partial charge >= 0.3 is 0 Å². The highest BCUT2D eigenvalue weighted by Crippen LogP contribution is 2.34. The van der Waals surface area contributed by atoms with E-state index in [1.807, 2.05) is 39.7 Å². The van der Waals surface area contributed by atoms with Crippen molar-refractivity contribution in [2.45, 2.75) is 31.3 Å². The summed E-state index contributed by atoms with van der Waals surface area (Å²) < 4.78 is 3.97. The van der Waals surface area contributed by atoms with Crippen LogP contribution in [0.1, 0.15) is 30.5 Å². The number of carbonyl (C=O) groups is 1. The summed E-state index contributed by atoms with van der Waals surface area (Å²) in [4.78, 5) is 27.4. The number of piperidine rings is 1. The highest BCUT2D eigenvalue weighted by atomic mass is 32.2. The van der Waals surface area contributed by atoms with Gasteiger partial charge in [0.1, 0.15) is 6.04 Å². The lowest BCUT2D eigenvalue weighted by molar-refractivity contribution is -0.124. The standard InChI is InChI=1S/C22H30N4O2S/c1-29-12-7-20(25-9-2-3-10-25)22(28)23-8-11-24-14-17-13-18(16-24)19-5-4-6-21(27)26(19)15-17/h2-6,9-10,17-18,20H,7-8,11-16H2,1H3,(H,23,28). The monoisotopic (exact) mass is 414 g/mol. The molecule has 1 N–H and O–H groups in total. The number of carbonyl (C=O) groups excluding carboxylic acids is 1. The highest BCUT2D eigenvalue weighted by Gasteiger charge is 2.34. The number of aromatic nitrogens is 2. The van der Waals surface area contributed by atoms with E-state index in [0.717, 1.165) is 44.8 Å². The lowest BCUT2D eigenvalue weighted by atomic mass is 9.83. The van der Waals surface area contributed by atoms with Gasteiger partial charge in [-0.05, 0) is 49.0 Å². The molecule has 3 unspecified atom stereocenters. The van der Waals surface area contributed by atoms with E-state index < -0.39 is 0 Å². The first-order chi connectivity index (χ1) is 14.2. The third-order valence-corrected chi connectivity index (χ3v) is 6.81. The third-order valence-electron chi connectivity index (χ3n) is 6.17. The van der Waals surface area contributed by atoms with Crippen LogP contribution in [0.25, 0.3) is 0 Å². The number of hydrogen-bond donors (Lipinski definition) is 1. The van der Waals surface area contributed by atoms with Crippen molar-refractivity contribution in [3.05, 3.63) is 58.8 Å². The van der Waals surface area contributed by atoms with Gasteiger partial charge in [0.25, 0.3) is 5.56 Å². The Labute approximate surface area is 176 Å². The van der Waals surface area contributed by atoms with Crippen LogP contribution in [0.2, 0.25) is 0 Å². The van der Waals surface area contributed by atoms with Crippen molar-refractivity contribution in [2.24, 2.45) is 5.92 Å². The number of likely N-dealkylation sites (tertiary alicyclic amines) is 1. The third kappa shape index (κ3) is 4.61. The second-order valence-electron chi connectivity index (χ2n) is 8.18. The van der Waals surface area contributed by atoms with Crippen LogP contribution in [-0.4, -0.2) is 58.1 Å². The molecule has 3 atom stereocenters. The van der Waals surface area contributed by atoms with Crippen LogP contribution < -0.4 is 10.9 Å². The fourth-order valence-corrected chi connectivity index (χ4v) is 5.29. The molecule has 7 heteroatoms. The van der Waals surface area contributed by atoms with E-state index in [4.69, 9.17) is 0 Å². The van der Waals surface area contributed by atoms with Crippen LogP contribution in [0.5, 0.6) is 0 Å². The molecule has 0 saturated carbocycles. The Kier molecular flexibility index (Phi) is 6.45. The fourth-order valence-electron chi connectivity index (χ4n) is 4.83. The van der Waals surface area contributed by atoms with Gasteiger partial charge < -0.3 is 19.4 Å². The molecule has 0 spiro atoms. The molecule has 2 aliphatic rings. The Balaban J connectivity index is 1.32. The molecule has 6 nitrogen and oxygen atoms in total. The topological polar surface area (TPSA) is 59.3 Å². The number of thioether (sulfide) groups is 1. The molecule has 29 heavy (non-hydrogen) atoms. The summed E-state index contributed by atoms with van der Waals surface area (Å²) >= 11 is 1.77. The van der Waals surface area contributed by atoms with Crippen LogP contribution in [0.3, 0.4) is 0 Å². The van der Waals surface area contributed by atoms with E-state index in [1.165, 1.54) is 5.69 Å². The molecule has 2 aliphatic heterocycles. The summed E-state index contributed by atoms with van der Waals surface area (Å²) in [5, 5.41) is 3.16. The zero-order valence-corrected chi connectivity index (χ0v) is 17.8. The van der Waals surface area contributed by atoms with Crippen molar-refractivity contribution in [3.63, 3.8) is 0 Å². The maximum atomic E-state index is 12.8. The number of nitrogens with zero attached hydrogens (tertiary/aromatic N) is 3. The van der Waals surface area contributed by atoms with Gasteiger partial charge in [-0.25, -0.2) is 0 Å². The second-order valence-corrected chi connectivity index (χ2v) is 9.16. The van der Waals surface area contributed by atoms with Crippen molar-refractivity contribution < 1.29 is 4.79 Å². The first-order valence-electron chi connectivity index (χ1n) is 10.5. The average molecular weight is 415 g/mol. The SMILES string of the molecule is CSCCC(C(=O)NCCN1CC2CC(C1)c1cccc(=O)n1C2)n1cccc1. The Hall–Kier alpha value is -1.99. The Morgan fingerprint density at radius 2 is 2.03 bits per heavy atom. The molecule has 1 amide bonds. The number of pyridine rings is 1. The summed E-state index contributed by atoms with van der Waals surface area (Å²) in [5.41, 5.74) is 1.30. The molecule has 4 rings (SSSR count). The van der Waals surface area contributed by atoms with Crippen LogP contribution in [0, 0.1) is 5.92 Å². The predicted molar refractivity (Wildman–Crippen MR) is 117 cm³/mol. The highest BCUT2D eigenvalue weighted by molar-refractivity contribution is 7.98.